The highest BCUT2D eigenvalue weighted by Crippen LogP contribution is 2.19. The van der Waals surface area contributed by atoms with E-state index in [4.69, 9.17) is 9.73 Å². The number of esters is 1. The third kappa shape index (κ3) is 6.82. The number of nitrogens with zero attached hydrogens (tertiary/aromatic N) is 4. The second-order valence-corrected chi connectivity index (χ2v) is 6.59. The third-order valence-electron chi connectivity index (χ3n) is 4.37. The molecule has 0 aromatic carbocycles. The van der Waals surface area contributed by atoms with E-state index in [1.807, 2.05) is 38.1 Å². The standard InChI is InChI=1S/C19H31N5O2.HI/c1-5-20-19(22-13-15-9-7-11-21-17(15)23(3)4)24-12-8-10-16(14-24)18(25)26-6-2;/h7,9,11,16H,5-6,8,10,12-14H2,1-4H3,(H,20,22);1H. The summed E-state index contributed by atoms with van der Waals surface area (Å²) in [4.78, 5) is 25.5. The first-order chi connectivity index (χ1) is 12.6. The molecule has 1 unspecified atom stereocenters. The molecule has 0 spiro atoms. The molecule has 152 valence electrons. The molecule has 1 N–H and O–H groups in total. The molecular weight excluding hydrogens is 457 g/mol. The Morgan fingerprint density at radius 1 is 1.44 bits per heavy atom. The minimum atomic E-state index is -0.102. The molecule has 1 saturated heterocycles. The lowest BCUT2D eigenvalue weighted by Crippen LogP contribution is -2.48. The number of aromatic nitrogens is 1. The van der Waals surface area contributed by atoms with Gasteiger partial charge in [-0.1, -0.05) is 6.07 Å². The van der Waals surface area contributed by atoms with Gasteiger partial charge >= 0.3 is 5.97 Å². The number of anilines is 1. The van der Waals surface area contributed by atoms with Gasteiger partial charge in [0.05, 0.1) is 19.1 Å². The molecule has 1 aromatic heterocycles. The molecule has 7 nitrogen and oxygen atoms in total. The number of hydrogen-bond acceptors (Lipinski definition) is 5. The lowest BCUT2D eigenvalue weighted by atomic mass is 9.98. The van der Waals surface area contributed by atoms with Crippen LogP contribution in [0, 0.1) is 5.92 Å². The van der Waals surface area contributed by atoms with Gasteiger partial charge in [-0.05, 0) is 32.8 Å². The summed E-state index contributed by atoms with van der Waals surface area (Å²) in [6.45, 7) is 7.21. The van der Waals surface area contributed by atoms with Crippen LogP contribution in [0.4, 0.5) is 5.82 Å². The maximum absolute atomic E-state index is 12.1. The molecule has 1 atom stereocenters. The fourth-order valence-corrected chi connectivity index (χ4v) is 3.16. The Morgan fingerprint density at radius 2 is 2.22 bits per heavy atom. The number of nitrogens with one attached hydrogen (secondary N) is 1. The number of hydrogen-bond donors (Lipinski definition) is 1. The van der Waals surface area contributed by atoms with Crippen LogP contribution in [0.1, 0.15) is 32.3 Å². The summed E-state index contributed by atoms with van der Waals surface area (Å²) in [6.07, 6.45) is 3.63. The van der Waals surface area contributed by atoms with E-state index in [2.05, 4.69) is 22.1 Å². The Kier molecular flexibility index (Phi) is 10.4. The van der Waals surface area contributed by atoms with Crippen LogP contribution in [0.5, 0.6) is 0 Å². The van der Waals surface area contributed by atoms with Crippen LogP contribution in [0.15, 0.2) is 23.3 Å². The summed E-state index contributed by atoms with van der Waals surface area (Å²) in [5, 5.41) is 3.35. The van der Waals surface area contributed by atoms with Gasteiger partial charge in [0.15, 0.2) is 5.96 Å². The van der Waals surface area contributed by atoms with E-state index in [-0.39, 0.29) is 35.9 Å². The van der Waals surface area contributed by atoms with Crippen LogP contribution in [-0.4, -0.2) is 62.1 Å². The highest BCUT2D eigenvalue weighted by Gasteiger charge is 2.28. The quantitative estimate of drug-likeness (QED) is 0.287. The van der Waals surface area contributed by atoms with E-state index in [1.54, 1.807) is 6.20 Å². The molecule has 0 amide bonds. The number of carbonyl (C=O) groups is 1. The van der Waals surface area contributed by atoms with Crippen LogP contribution in [-0.2, 0) is 16.1 Å². The Balaban J connectivity index is 0.00000364. The number of aliphatic imine (C=N–C) groups is 1. The summed E-state index contributed by atoms with van der Waals surface area (Å²) < 4.78 is 5.20. The van der Waals surface area contributed by atoms with E-state index in [1.165, 1.54) is 0 Å². The molecule has 0 aliphatic carbocycles. The predicted octanol–water partition coefficient (Wildman–Crippen LogP) is 2.51. The molecular formula is C19H32IN5O2. The second-order valence-electron chi connectivity index (χ2n) is 6.59. The molecule has 1 aliphatic rings. The smallest absolute Gasteiger partial charge is 0.310 e. The first-order valence-electron chi connectivity index (χ1n) is 9.37. The van der Waals surface area contributed by atoms with Gasteiger partial charge in [0, 0.05) is 45.5 Å². The fraction of sp³-hybridized carbons (Fsp3) is 0.632. The van der Waals surface area contributed by atoms with Crippen LogP contribution in [0.2, 0.25) is 0 Å². The molecule has 1 aromatic rings. The first kappa shape index (κ1) is 23.5. The lowest BCUT2D eigenvalue weighted by Gasteiger charge is -2.34. The summed E-state index contributed by atoms with van der Waals surface area (Å²) in [6, 6.07) is 3.98. The minimum absolute atomic E-state index is 0. The number of ether oxygens (including phenoxy) is 1. The molecule has 2 heterocycles. The number of likely N-dealkylation sites (tertiary alicyclic amines) is 1. The normalized spacial score (nSPS) is 17.1. The summed E-state index contributed by atoms with van der Waals surface area (Å²) >= 11 is 0. The van der Waals surface area contributed by atoms with Gasteiger partial charge in [0.25, 0.3) is 0 Å². The van der Waals surface area contributed by atoms with Crippen molar-refractivity contribution in [3.8, 4) is 0 Å². The van der Waals surface area contributed by atoms with Crippen LogP contribution < -0.4 is 10.2 Å². The lowest BCUT2D eigenvalue weighted by molar-refractivity contribution is -0.149. The third-order valence-corrected chi connectivity index (χ3v) is 4.37. The summed E-state index contributed by atoms with van der Waals surface area (Å²) in [7, 11) is 3.96. The van der Waals surface area contributed by atoms with Crippen molar-refractivity contribution >= 4 is 41.7 Å². The number of piperidine rings is 1. The highest BCUT2D eigenvalue weighted by molar-refractivity contribution is 14.0. The number of guanidine groups is 1. The fourth-order valence-electron chi connectivity index (χ4n) is 3.16. The Hall–Kier alpha value is -1.58. The first-order valence-corrected chi connectivity index (χ1v) is 9.37. The summed E-state index contributed by atoms with van der Waals surface area (Å²) in [5.41, 5.74) is 1.08. The van der Waals surface area contributed by atoms with Gasteiger partial charge in [-0.25, -0.2) is 9.98 Å². The maximum atomic E-state index is 12.1. The molecule has 0 bridgehead atoms. The molecule has 1 fully saturated rings. The van der Waals surface area contributed by atoms with Gasteiger partial charge in [-0.3, -0.25) is 4.79 Å². The zero-order chi connectivity index (χ0) is 18.9. The number of pyridine rings is 1. The van der Waals surface area contributed by atoms with Crippen molar-refractivity contribution in [2.45, 2.75) is 33.2 Å². The van der Waals surface area contributed by atoms with Crippen molar-refractivity contribution in [2.75, 3.05) is 45.2 Å². The average molecular weight is 489 g/mol. The average Bonchev–Trinajstić information content (AvgIpc) is 2.65. The number of carbonyl (C=O) groups excluding carboxylic acids is 1. The molecule has 8 heteroatoms. The summed E-state index contributed by atoms with van der Waals surface area (Å²) in [5.74, 6) is 1.59. The molecule has 2 rings (SSSR count). The van der Waals surface area contributed by atoms with Crippen LogP contribution in [0.3, 0.4) is 0 Å². The maximum Gasteiger partial charge on any atom is 0.310 e. The zero-order valence-corrected chi connectivity index (χ0v) is 19.1. The van der Waals surface area contributed by atoms with E-state index in [0.717, 1.165) is 43.3 Å². The number of rotatable bonds is 6. The SMILES string of the molecule is CCNC(=NCc1cccnc1N(C)C)N1CCCC(C(=O)OCC)C1.I. The van der Waals surface area contributed by atoms with Crippen LogP contribution in [0.25, 0.3) is 0 Å². The van der Waals surface area contributed by atoms with E-state index in [0.29, 0.717) is 19.7 Å². The van der Waals surface area contributed by atoms with Crippen molar-refractivity contribution in [2.24, 2.45) is 10.9 Å². The Labute approximate surface area is 179 Å². The van der Waals surface area contributed by atoms with Gasteiger partial charge in [0.2, 0.25) is 0 Å². The van der Waals surface area contributed by atoms with Crippen LogP contribution >= 0.6 is 24.0 Å². The van der Waals surface area contributed by atoms with E-state index < -0.39 is 0 Å². The Morgan fingerprint density at radius 3 is 2.89 bits per heavy atom. The highest BCUT2D eigenvalue weighted by atomic mass is 127. The minimum Gasteiger partial charge on any atom is -0.466 e. The predicted molar refractivity (Wildman–Crippen MR) is 120 cm³/mol. The molecule has 0 radical (unpaired) electrons. The Bertz CT molecular complexity index is 624. The van der Waals surface area contributed by atoms with Crippen molar-refractivity contribution < 1.29 is 9.53 Å². The molecule has 0 saturated carbocycles. The van der Waals surface area contributed by atoms with Gasteiger partial charge < -0.3 is 19.9 Å². The van der Waals surface area contributed by atoms with E-state index >= 15 is 0 Å². The van der Waals surface area contributed by atoms with Gasteiger partial charge in [0.1, 0.15) is 5.82 Å². The van der Waals surface area contributed by atoms with Crippen molar-refractivity contribution in [1.29, 1.82) is 0 Å². The van der Waals surface area contributed by atoms with Crippen molar-refractivity contribution in [3.63, 3.8) is 0 Å². The van der Waals surface area contributed by atoms with Gasteiger partial charge in [-0.2, -0.15) is 0 Å². The second kappa shape index (κ2) is 12.0. The zero-order valence-electron chi connectivity index (χ0n) is 16.8. The molecule has 1 aliphatic heterocycles. The topological polar surface area (TPSA) is 70.1 Å². The van der Waals surface area contributed by atoms with Gasteiger partial charge in [-0.15, -0.1) is 24.0 Å². The van der Waals surface area contributed by atoms with E-state index in [9.17, 15) is 4.79 Å². The van der Waals surface area contributed by atoms with Crippen molar-refractivity contribution in [3.05, 3.63) is 23.9 Å². The molecule has 27 heavy (non-hydrogen) atoms. The largest absolute Gasteiger partial charge is 0.466 e. The number of halogens is 1. The van der Waals surface area contributed by atoms with Crippen molar-refractivity contribution in [1.82, 2.24) is 15.2 Å². The monoisotopic (exact) mass is 489 g/mol.